The normalized spacial score (nSPS) is 18.9. The van der Waals surface area contributed by atoms with Crippen LogP contribution >= 0.6 is 0 Å². The van der Waals surface area contributed by atoms with Gasteiger partial charge in [-0.2, -0.15) is 0 Å². The second-order valence-corrected chi connectivity index (χ2v) is 12.6. The third-order valence-corrected chi connectivity index (χ3v) is 9.20. The smallest absolute Gasteiger partial charge is 0.253 e. The van der Waals surface area contributed by atoms with Crippen LogP contribution in [-0.4, -0.2) is 51.7 Å². The Morgan fingerprint density at radius 2 is 1.63 bits per heavy atom. The molecule has 8 nitrogen and oxygen atoms in total. The summed E-state index contributed by atoms with van der Waals surface area (Å²) in [5.74, 6) is -0.170. The number of hydrogen-bond donors (Lipinski definition) is 3. The van der Waals surface area contributed by atoms with Crippen LogP contribution in [0.4, 0.5) is 0 Å². The molecule has 0 spiro atoms. The number of hydrogen-bond acceptors (Lipinski definition) is 7. The standard InChI is InChI=1S/C41H43N3O5/c1-28(39(46)32-10-4-3-5-11-32)44(2)26-37-23-38(31-18-16-29(27-45)17-19-31)49-41(48-37)35-14-7-13-34(22-35)33-12-6-9-30(21-33)24-43-40(47)36-15-8-20-42-25-36/h3-22,25,28,37-39,41,45-46H,23-24,26-27H2,1-2H3,(H,43,47). The van der Waals surface area contributed by atoms with Crippen LogP contribution in [0.1, 0.15) is 70.0 Å². The van der Waals surface area contributed by atoms with Gasteiger partial charge in [0.05, 0.1) is 30.5 Å². The maximum absolute atomic E-state index is 12.6. The zero-order valence-corrected chi connectivity index (χ0v) is 27.9. The van der Waals surface area contributed by atoms with E-state index in [2.05, 4.69) is 39.5 Å². The minimum absolute atomic E-state index is 0.0164. The van der Waals surface area contributed by atoms with E-state index in [-0.39, 0.29) is 30.8 Å². The Bertz CT molecular complexity index is 1800. The van der Waals surface area contributed by atoms with Gasteiger partial charge < -0.3 is 25.0 Å². The second-order valence-electron chi connectivity index (χ2n) is 12.6. The van der Waals surface area contributed by atoms with Crippen molar-refractivity contribution in [1.29, 1.82) is 0 Å². The van der Waals surface area contributed by atoms with Crippen LogP contribution < -0.4 is 5.32 Å². The fourth-order valence-corrected chi connectivity index (χ4v) is 6.20. The number of ether oxygens (including phenoxy) is 2. The van der Waals surface area contributed by atoms with E-state index in [4.69, 9.17) is 9.47 Å². The predicted molar refractivity (Wildman–Crippen MR) is 189 cm³/mol. The van der Waals surface area contributed by atoms with E-state index in [0.717, 1.165) is 38.9 Å². The second kappa shape index (κ2) is 16.1. The fraction of sp³-hybridized carbons (Fsp3) is 0.268. The van der Waals surface area contributed by atoms with Crippen molar-refractivity contribution in [2.45, 2.75) is 57.1 Å². The van der Waals surface area contributed by atoms with E-state index < -0.39 is 12.4 Å². The lowest BCUT2D eigenvalue weighted by Gasteiger charge is -2.39. The van der Waals surface area contributed by atoms with Crippen LogP contribution in [-0.2, 0) is 22.6 Å². The van der Waals surface area contributed by atoms with Crippen molar-refractivity contribution in [3.05, 3.63) is 161 Å². The molecule has 0 radical (unpaired) electrons. The Balaban J connectivity index is 1.20. The molecule has 1 aliphatic rings. The van der Waals surface area contributed by atoms with Gasteiger partial charge in [0.25, 0.3) is 5.91 Å². The first-order valence-electron chi connectivity index (χ1n) is 16.7. The van der Waals surface area contributed by atoms with Gasteiger partial charge >= 0.3 is 0 Å². The van der Waals surface area contributed by atoms with Gasteiger partial charge in [-0.15, -0.1) is 0 Å². The summed E-state index contributed by atoms with van der Waals surface area (Å²) < 4.78 is 13.3. The van der Waals surface area contributed by atoms with Crippen molar-refractivity contribution in [3.63, 3.8) is 0 Å². The molecule has 5 unspecified atom stereocenters. The minimum atomic E-state index is -0.639. The maximum Gasteiger partial charge on any atom is 0.253 e. The average molecular weight is 658 g/mol. The van der Waals surface area contributed by atoms with Gasteiger partial charge in [0.1, 0.15) is 0 Å². The topological polar surface area (TPSA) is 104 Å². The molecule has 6 rings (SSSR count). The highest BCUT2D eigenvalue weighted by atomic mass is 16.7. The number of aliphatic hydroxyl groups excluding tert-OH is 2. The molecule has 0 saturated carbocycles. The Kier molecular flexibility index (Phi) is 11.3. The maximum atomic E-state index is 12.6. The van der Waals surface area contributed by atoms with Crippen LogP contribution in [0.25, 0.3) is 11.1 Å². The molecule has 0 aliphatic carbocycles. The number of rotatable bonds is 12. The van der Waals surface area contributed by atoms with Crippen molar-refractivity contribution in [1.82, 2.24) is 15.2 Å². The van der Waals surface area contributed by atoms with Crippen molar-refractivity contribution < 1.29 is 24.5 Å². The molecule has 2 heterocycles. The third kappa shape index (κ3) is 8.67. The van der Waals surface area contributed by atoms with Crippen LogP contribution in [0.15, 0.2) is 128 Å². The van der Waals surface area contributed by atoms with Crippen molar-refractivity contribution in [3.8, 4) is 11.1 Å². The minimum Gasteiger partial charge on any atom is -0.392 e. The van der Waals surface area contributed by atoms with E-state index >= 15 is 0 Å². The van der Waals surface area contributed by atoms with Gasteiger partial charge in [0, 0.05) is 43.5 Å². The fourth-order valence-electron chi connectivity index (χ4n) is 6.20. The number of pyridine rings is 1. The van der Waals surface area contributed by atoms with Gasteiger partial charge in [0.15, 0.2) is 6.29 Å². The van der Waals surface area contributed by atoms with Gasteiger partial charge in [-0.25, -0.2) is 0 Å². The molecular formula is C41H43N3O5. The molecule has 0 bridgehead atoms. The summed E-state index contributed by atoms with van der Waals surface area (Å²) in [4.78, 5) is 18.8. The summed E-state index contributed by atoms with van der Waals surface area (Å²) in [5, 5.41) is 23.7. The average Bonchev–Trinajstić information content (AvgIpc) is 3.17. The van der Waals surface area contributed by atoms with Gasteiger partial charge in [-0.1, -0.05) is 91.0 Å². The first kappa shape index (κ1) is 34.2. The van der Waals surface area contributed by atoms with Crippen molar-refractivity contribution in [2.75, 3.05) is 13.6 Å². The van der Waals surface area contributed by atoms with Crippen molar-refractivity contribution in [2.24, 2.45) is 0 Å². The molecule has 49 heavy (non-hydrogen) atoms. The Morgan fingerprint density at radius 1 is 0.878 bits per heavy atom. The number of benzene rings is 4. The molecular weight excluding hydrogens is 614 g/mol. The zero-order valence-electron chi connectivity index (χ0n) is 27.9. The highest BCUT2D eigenvalue weighted by Gasteiger charge is 2.34. The van der Waals surface area contributed by atoms with Gasteiger partial charge in [-0.3, -0.25) is 14.7 Å². The number of amides is 1. The summed E-state index contributed by atoms with van der Waals surface area (Å²) >= 11 is 0. The van der Waals surface area contributed by atoms with E-state index in [0.29, 0.717) is 25.1 Å². The lowest BCUT2D eigenvalue weighted by Crippen LogP contribution is -2.43. The first-order chi connectivity index (χ1) is 23.9. The van der Waals surface area contributed by atoms with Crippen LogP contribution in [0.3, 0.4) is 0 Å². The molecule has 5 aromatic rings. The Morgan fingerprint density at radius 3 is 2.37 bits per heavy atom. The molecule has 1 saturated heterocycles. The molecule has 252 valence electrons. The molecule has 8 heteroatoms. The molecule has 1 aliphatic heterocycles. The molecule has 1 aromatic heterocycles. The summed E-state index contributed by atoms with van der Waals surface area (Å²) in [6.07, 6.45) is 2.18. The lowest BCUT2D eigenvalue weighted by molar-refractivity contribution is -0.253. The van der Waals surface area contributed by atoms with Crippen LogP contribution in [0.2, 0.25) is 0 Å². The van der Waals surface area contributed by atoms with E-state index in [9.17, 15) is 15.0 Å². The first-order valence-corrected chi connectivity index (χ1v) is 16.7. The zero-order chi connectivity index (χ0) is 34.2. The van der Waals surface area contributed by atoms with Gasteiger partial charge in [-0.05, 0) is 71.6 Å². The number of carbonyl (C=O) groups is 1. The number of aliphatic hydroxyl groups is 2. The molecule has 1 fully saturated rings. The Labute approximate surface area is 288 Å². The van der Waals surface area contributed by atoms with Crippen molar-refractivity contribution >= 4 is 5.91 Å². The number of nitrogens with zero attached hydrogens (tertiary/aromatic N) is 2. The quantitative estimate of drug-likeness (QED) is 0.136. The molecule has 3 N–H and O–H groups in total. The summed E-state index contributed by atoms with van der Waals surface area (Å²) in [5.41, 5.74) is 7.17. The number of carbonyl (C=O) groups excluding carboxylic acids is 1. The van der Waals surface area contributed by atoms with E-state index in [1.54, 1.807) is 24.5 Å². The largest absolute Gasteiger partial charge is 0.392 e. The van der Waals surface area contributed by atoms with E-state index in [1.807, 2.05) is 92.8 Å². The number of likely N-dealkylation sites (N-methyl/N-ethyl adjacent to an activating group) is 1. The van der Waals surface area contributed by atoms with Crippen LogP contribution in [0.5, 0.6) is 0 Å². The SMILES string of the molecule is CC(C(O)c1ccccc1)N(C)CC1CC(c2ccc(CO)cc2)OC(c2cccc(-c3cccc(CNC(=O)c4cccnc4)c3)c2)O1. The molecule has 1 amide bonds. The third-order valence-electron chi connectivity index (χ3n) is 9.20. The van der Waals surface area contributed by atoms with Gasteiger partial charge in [0.2, 0.25) is 0 Å². The number of nitrogens with one attached hydrogen (secondary N) is 1. The Hall–Kier alpha value is -4.70. The highest BCUT2D eigenvalue weighted by molar-refractivity contribution is 5.93. The predicted octanol–water partition coefficient (Wildman–Crippen LogP) is 6.77. The monoisotopic (exact) mass is 657 g/mol. The molecule has 5 atom stereocenters. The van der Waals surface area contributed by atoms with Crippen LogP contribution in [0, 0.1) is 0 Å². The molecule has 4 aromatic carbocycles. The summed E-state index contributed by atoms with van der Waals surface area (Å²) in [7, 11) is 2.02. The lowest BCUT2D eigenvalue weighted by atomic mass is 9.97. The van der Waals surface area contributed by atoms with E-state index in [1.165, 1.54) is 0 Å². The highest BCUT2D eigenvalue weighted by Crippen LogP contribution is 2.39. The summed E-state index contributed by atoms with van der Waals surface area (Å²) in [6, 6.07) is 37.2. The summed E-state index contributed by atoms with van der Waals surface area (Å²) in [6.45, 7) is 3.00. The number of aromatic nitrogens is 1.